The van der Waals surface area contributed by atoms with E-state index in [4.69, 9.17) is 4.74 Å². The van der Waals surface area contributed by atoms with E-state index in [0.29, 0.717) is 17.6 Å². The highest BCUT2D eigenvalue weighted by Crippen LogP contribution is 2.61. The first kappa shape index (κ1) is 14.6. The SMILES string of the molecule is COC(C)(C)CCC(=O)CC12CC3CC(CC(C3)C1)C2. The number of rotatable bonds is 6. The molecule has 4 aliphatic rings. The molecule has 0 atom stereocenters. The third kappa shape index (κ3) is 2.95. The van der Waals surface area contributed by atoms with Crippen LogP contribution in [0.25, 0.3) is 0 Å². The lowest BCUT2D eigenvalue weighted by atomic mass is 9.48. The molecule has 4 rings (SSSR count). The van der Waals surface area contributed by atoms with Gasteiger partial charge in [0.15, 0.2) is 0 Å². The molecule has 4 bridgehead atoms. The van der Waals surface area contributed by atoms with E-state index < -0.39 is 0 Å². The Hall–Kier alpha value is -0.370. The first-order valence-corrected chi connectivity index (χ1v) is 8.47. The van der Waals surface area contributed by atoms with Crippen LogP contribution in [-0.4, -0.2) is 18.5 Å². The molecule has 0 amide bonds. The number of Topliss-reactive ketones (excluding diaryl/α,β-unsaturated/α-hetero) is 1. The largest absolute Gasteiger partial charge is 0.379 e. The van der Waals surface area contributed by atoms with E-state index in [9.17, 15) is 4.79 Å². The van der Waals surface area contributed by atoms with E-state index in [1.54, 1.807) is 7.11 Å². The molecule has 0 spiro atoms. The number of carbonyl (C=O) groups excluding carboxylic acids is 1. The summed E-state index contributed by atoms with van der Waals surface area (Å²) >= 11 is 0. The lowest BCUT2D eigenvalue weighted by molar-refractivity contribution is -0.128. The van der Waals surface area contributed by atoms with Gasteiger partial charge in [-0.1, -0.05) is 0 Å². The van der Waals surface area contributed by atoms with Gasteiger partial charge in [0.25, 0.3) is 0 Å². The van der Waals surface area contributed by atoms with Gasteiger partial charge in [0.2, 0.25) is 0 Å². The molecule has 2 heteroatoms. The molecular weight excluding hydrogens is 248 g/mol. The Morgan fingerprint density at radius 2 is 1.60 bits per heavy atom. The molecule has 0 radical (unpaired) electrons. The van der Waals surface area contributed by atoms with Crippen LogP contribution in [0.5, 0.6) is 0 Å². The summed E-state index contributed by atoms with van der Waals surface area (Å²) in [6.07, 6.45) is 10.8. The highest BCUT2D eigenvalue weighted by Gasteiger charge is 2.51. The predicted molar refractivity (Wildman–Crippen MR) is 80.6 cm³/mol. The monoisotopic (exact) mass is 278 g/mol. The van der Waals surface area contributed by atoms with Gasteiger partial charge in [0, 0.05) is 20.0 Å². The summed E-state index contributed by atoms with van der Waals surface area (Å²) in [4.78, 5) is 12.4. The lowest BCUT2D eigenvalue weighted by Gasteiger charge is -2.56. The Kier molecular flexibility index (Phi) is 3.73. The Morgan fingerprint density at radius 1 is 1.10 bits per heavy atom. The molecular formula is C18H30O2. The molecule has 4 aliphatic carbocycles. The Labute approximate surface area is 123 Å². The molecule has 4 fully saturated rings. The number of carbonyl (C=O) groups is 1. The normalized spacial score (nSPS) is 39.2. The summed E-state index contributed by atoms with van der Waals surface area (Å²) in [6, 6.07) is 0. The van der Waals surface area contributed by atoms with Crippen molar-refractivity contribution in [3.05, 3.63) is 0 Å². The minimum atomic E-state index is -0.156. The first-order valence-electron chi connectivity index (χ1n) is 8.47. The summed E-state index contributed by atoms with van der Waals surface area (Å²) in [5, 5.41) is 0. The van der Waals surface area contributed by atoms with Crippen LogP contribution in [0.3, 0.4) is 0 Å². The van der Waals surface area contributed by atoms with Crippen LogP contribution in [0.1, 0.15) is 71.6 Å². The summed E-state index contributed by atoms with van der Waals surface area (Å²) in [6.45, 7) is 4.15. The van der Waals surface area contributed by atoms with Crippen LogP contribution in [0.4, 0.5) is 0 Å². The van der Waals surface area contributed by atoms with E-state index in [1.165, 1.54) is 38.5 Å². The standard InChI is InChI=1S/C18H30O2/c1-17(2,20-3)5-4-16(19)12-18-9-13-6-14(10-18)8-15(7-13)11-18/h13-15H,4-12H2,1-3H3. The summed E-state index contributed by atoms with van der Waals surface area (Å²) in [7, 11) is 1.74. The number of ketones is 1. The van der Waals surface area contributed by atoms with Crippen molar-refractivity contribution in [2.75, 3.05) is 7.11 Å². The van der Waals surface area contributed by atoms with Gasteiger partial charge in [0.1, 0.15) is 5.78 Å². The molecule has 0 aromatic rings. The molecule has 0 saturated heterocycles. The number of methoxy groups -OCH3 is 1. The van der Waals surface area contributed by atoms with Crippen LogP contribution in [-0.2, 0) is 9.53 Å². The molecule has 0 heterocycles. The zero-order valence-corrected chi connectivity index (χ0v) is 13.4. The minimum absolute atomic E-state index is 0.156. The van der Waals surface area contributed by atoms with E-state index >= 15 is 0 Å². The predicted octanol–water partition coefficient (Wildman–Crippen LogP) is 4.37. The highest BCUT2D eigenvalue weighted by atomic mass is 16.5. The van der Waals surface area contributed by atoms with E-state index in [1.807, 2.05) is 0 Å². The second kappa shape index (κ2) is 5.12. The third-order valence-electron chi connectivity index (χ3n) is 6.30. The van der Waals surface area contributed by atoms with Crippen LogP contribution >= 0.6 is 0 Å². The fourth-order valence-electron chi connectivity index (χ4n) is 5.56. The number of hydrogen-bond acceptors (Lipinski definition) is 2. The first-order chi connectivity index (χ1) is 9.40. The third-order valence-corrected chi connectivity index (χ3v) is 6.30. The summed E-state index contributed by atoms with van der Waals surface area (Å²) in [5.74, 6) is 3.33. The average Bonchev–Trinajstić information content (AvgIpc) is 2.34. The molecule has 20 heavy (non-hydrogen) atoms. The molecule has 2 nitrogen and oxygen atoms in total. The smallest absolute Gasteiger partial charge is 0.133 e. The van der Waals surface area contributed by atoms with Gasteiger partial charge in [-0.05, 0) is 82.0 Å². The highest BCUT2D eigenvalue weighted by molar-refractivity contribution is 5.79. The average molecular weight is 278 g/mol. The van der Waals surface area contributed by atoms with Crippen molar-refractivity contribution in [1.29, 1.82) is 0 Å². The van der Waals surface area contributed by atoms with Crippen LogP contribution in [0.2, 0.25) is 0 Å². The number of hydrogen-bond donors (Lipinski definition) is 0. The Balaban J connectivity index is 1.56. The van der Waals surface area contributed by atoms with E-state index in [0.717, 1.165) is 30.6 Å². The van der Waals surface area contributed by atoms with Gasteiger partial charge < -0.3 is 4.74 Å². The number of ether oxygens (including phenoxy) is 1. The Morgan fingerprint density at radius 3 is 2.05 bits per heavy atom. The molecule has 0 aromatic heterocycles. The van der Waals surface area contributed by atoms with E-state index in [-0.39, 0.29) is 5.60 Å². The zero-order chi connectivity index (χ0) is 14.4. The molecule has 114 valence electrons. The lowest BCUT2D eigenvalue weighted by Crippen LogP contribution is -2.46. The summed E-state index contributed by atoms with van der Waals surface area (Å²) < 4.78 is 5.43. The van der Waals surface area contributed by atoms with Crippen molar-refractivity contribution in [1.82, 2.24) is 0 Å². The fourth-order valence-corrected chi connectivity index (χ4v) is 5.56. The second-order valence-electron chi connectivity index (χ2n) is 8.60. The van der Waals surface area contributed by atoms with Crippen LogP contribution in [0, 0.1) is 23.2 Å². The topological polar surface area (TPSA) is 26.3 Å². The molecule has 0 N–H and O–H groups in total. The van der Waals surface area contributed by atoms with E-state index in [2.05, 4.69) is 13.8 Å². The maximum atomic E-state index is 12.4. The fraction of sp³-hybridized carbons (Fsp3) is 0.944. The van der Waals surface area contributed by atoms with Crippen molar-refractivity contribution < 1.29 is 9.53 Å². The van der Waals surface area contributed by atoms with Gasteiger partial charge in [-0.3, -0.25) is 4.79 Å². The van der Waals surface area contributed by atoms with Crippen LogP contribution in [0.15, 0.2) is 0 Å². The van der Waals surface area contributed by atoms with Gasteiger partial charge in [-0.2, -0.15) is 0 Å². The van der Waals surface area contributed by atoms with Gasteiger partial charge in [0.05, 0.1) is 5.60 Å². The molecule has 0 aromatic carbocycles. The quantitative estimate of drug-likeness (QED) is 0.721. The van der Waals surface area contributed by atoms with Gasteiger partial charge >= 0.3 is 0 Å². The minimum Gasteiger partial charge on any atom is -0.379 e. The van der Waals surface area contributed by atoms with Gasteiger partial charge in [-0.25, -0.2) is 0 Å². The Bertz CT molecular complexity index is 348. The van der Waals surface area contributed by atoms with Crippen molar-refractivity contribution in [3.8, 4) is 0 Å². The summed E-state index contributed by atoms with van der Waals surface area (Å²) in [5.41, 5.74) is 0.250. The van der Waals surface area contributed by atoms with Crippen molar-refractivity contribution >= 4 is 5.78 Å². The molecule has 4 saturated carbocycles. The maximum Gasteiger partial charge on any atom is 0.133 e. The van der Waals surface area contributed by atoms with Crippen LogP contribution < -0.4 is 0 Å². The van der Waals surface area contributed by atoms with Crippen molar-refractivity contribution in [3.63, 3.8) is 0 Å². The van der Waals surface area contributed by atoms with Gasteiger partial charge in [-0.15, -0.1) is 0 Å². The molecule has 0 aliphatic heterocycles. The molecule has 0 unspecified atom stereocenters. The zero-order valence-electron chi connectivity index (χ0n) is 13.4. The van der Waals surface area contributed by atoms with Crippen molar-refractivity contribution in [2.24, 2.45) is 23.2 Å². The second-order valence-corrected chi connectivity index (χ2v) is 8.60. The van der Waals surface area contributed by atoms with Crippen molar-refractivity contribution in [2.45, 2.75) is 77.2 Å². The maximum absolute atomic E-state index is 12.4.